The summed E-state index contributed by atoms with van der Waals surface area (Å²) in [5, 5.41) is 0. The second kappa shape index (κ2) is 16.4. The number of primary amides is 1. The summed E-state index contributed by atoms with van der Waals surface area (Å²) in [6.45, 7) is 14.5. The average molecular weight is 439 g/mol. The van der Waals surface area contributed by atoms with Crippen LogP contribution in [0.2, 0.25) is 0 Å². The highest BCUT2D eigenvalue weighted by atomic mass is 16.5. The predicted molar refractivity (Wildman–Crippen MR) is 134 cm³/mol. The van der Waals surface area contributed by atoms with Gasteiger partial charge < -0.3 is 15.4 Å². The summed E-state index contributed by atoms with van der Waals surface area (Å²) >= 11 is 0. The molecular weight excluding hydrogens is 400 g/mol. The SMILES string of the molecule is C/C=C(/CCCN(Cc1ccccc1OC)C(C)=O)c1ccccc1C.C=C.CC(N)=O. The van der Waals surface area contributed by atoms with Gasteiger partial charge in [0, 0.05) is 32.5 Å². The molecule has 0 aliphatic heterocycles. The van der Waals surface area contributed by atoms with Gasteiger partial charge in [0.05, 0.1) is 7.11 Å². The lowest BCUT2D eigenvalue weighted by Crippen LogP contribution is -2.29. The van der Waals surface area contributed by atoms with Gasteiger partial charge >= 0.3 is 0 Å². The van der Waals surface area contributed by atoms with Crippen molar-refractivity contribution < 1.29 is 14.3 Å². The van der Waals surface area contributed by atoms with Crippen LogP contribution in [0.1, 0.15) is 50.3 Å². The number of ether oxygens (including phenoxy) is 1. The van der Waals surface area contributed by atoms with E-state index in [2.05, 4.69) is 63.1 Å². The van der Waals surface area contributed by atoms with E-state index in [0.717, 1.165) is 30.7 Å². The minimum Gasteiger partial charge on any atom is -0.496 e. The quantitative estimate of drug-likeness (QED) is 0.551. The van der Waals surface area contributed by atoms with Crippen molar-refractivity contribution in [3.8, 4) is 5.75 Å². The lowest BCUT2D eigenvalue weighted by molar-refractivity contribution is -0.129. The summed E-state index contributed by atoms with van der Waals surface area (Å²) in [7, 11) is 1.66. The first-order valence-corrected chi connectivity index (χ1v) is 10.6. The molecule has 0 unspecified atom stereocenters. The average Bonchev–Trinajstić information content (AvgIpc) is 2.78. The molecule has 174 valence electrons. The lowest BCUT2D eigenvalue weighted by atomic mass is 9.96. The molecule has 2 aromatic carbocycles. The number of rotatable bonds is 8. The number of methoxy groups -OCH3 is 1. The lowest BCUT2D eigenvalue weighted by Gasteiger charge is -2.22. The maximum Gasteiger partial charge on any atom is 0.219 e. The number of carbonyl (C=O) groups excluding carboxylic acids is 2. The van der Waals surface area contributed by atoms with Crippen molar-refractivity contribution in [3.05, 3.63) is 84.5 Å². The summed E-state index contributed by atoms with van der Waals surface area (Å²) in [6.07, 6.45) is 4.07. The smallest absolute Gasteiger partial charge is 0.219 e. The molecule has 2 rings (SSSR count). The topological polar surface area (TPSA) is 72.6 Å². The van der Waals surface area contributed by atoms with Gasteiger partial charge in [-0.15, -0.1) is 13.2 Å². The van der Waals surface area contributed by atoms with E-state index in [1.807, 2.05) is 29.2 Å². The second-order valence-corrected chi connectivity index (χ2v) is 7.10. The molecule has 5 heteroatoms. The normalized spacial score (nSPS) is 10.1. The van der Waals surface area contributed by atoms with E-state index in [4.69, 9.17) is 4.74 Å². The Kier molecular flexibility index (Phi) is 14.7. The van der Waals surface area contributed by atoms with Crippen molar-refractivity contribution in [2.45, 2.75) is 47.1 Å². The zero-order valence-corrected chi connectivity index (χ0v) is 20.2. The summed E-state index contributed by atoms with van der Waals surface area (Å²) in [5.74, 6) is 0.585. The van der Waals surface area contributed by atoms with Gasteiger partial charge in [0.25, 0.3) is 0 Å². The minimum absolute atomic E-state index is 0.0915. The van der Waals surface area contributed by atoms with Gasteiger partial charge in [-0.25, -0.2) is 0 Å². The summed E-state index contributed by atoms with van der Waals surface area (Å²) < 4.78 is 5.41. The number of amides is 2. The van der Waals surface area contributed by atoms with Gasteiger partial charge in [0.1, 0.15) is 5.75 Å². The number of benzene rings is 2. The molecule has 2 N–H and O–H groups in total. The Balaban J connectivity index is 0.00000144. The van der Waals surface area contributed by atoms with Crippen LogP contribution in [-0.2, 0) is 16.1 Å². The molecule has 0 atom stereocenters. The fourth-order valence-electron chi connectivity index (χ4n) is 3.22. The highest BCUT2D eigenvalue weighted by molar-refractivity contribution is 5.73. The van der Waals surface area contributed by atoms with Crippen molar-refractivity contribution in [1.29, 1.82) is 0 Å². The number of para-hydroxylation sites is 1. The van der Waals surface area contributed by atoms with Gasteiger partial charge in [0.15, 0.2) is 0 Å². The van der Waals surface area contributed by atoms with Crippen LogP contribution in [0.5, 0.6) is 5.75 Å². The molecule has 0 aromatic heterocycles. The number of hydrogen-bond acceptors (Lipinski definition) is 3. The molecule has 0 saturated heterocycles. The highest BCUT2D eigenvalue weighted by Crippen LogP contribution is 2.24. The van der Waals surface area contributed by atoms with Gasteiger partial charge in [-0.05, 0) is 49.5 Å². The van der Waals surface area contributed by atoms with Gasteiger partial charge in [-0.3, -0.25) is 9.59 Å². The standard InChI is InChI=1S/C23H29NO2.C2H5NO.C2H4/c1-5-20(22-14-8-6-11-18(22)2)13-10-16-24(19(3)25)17-21-12-7-9-15-23(21)26-4;1-2(3)4;1-2/h5-9,11-12,14-15H,10,13,16-17H2,1-4H3;1H3,(H2,3,4);1-2H2/b20-5-;;. The Labute approximate surface area is 193 Å². The Morgan fingerprint density at radius 3 is 2.16 bits per heavy atom. The number of aryl methyl sites for hydroxylation is 1. The molecule has 0 heterocycles. The van der Waals surface area contributed by atoms with Crippen molar-refractivity contribution >= 4 is 17.4 Å². The first-order valence-electron chi connectivity index (χ1n) is 10.6. The summed E-state index contributed by atoms with van der Waals surface area (Å²) in [5.41, 5.74) is 9.44. The van der Waals surface area contributed by atoms with E-state index in [1.54, 1.807) is 14.0 Å². The Morgan fingerprint density at radius 2 is 1.62 bits per heavy atom. The molecule has 0 aliphatic carbocycles. The minimum atomic E-state index is -0.333. The Bertz CT molecular complexity index is 871. The van der Waals surface area contributed by atoms with Crippen LogP contribution < -0.4 is 10.5 Å². The van der Waals surface area contributed by atoms with E-state index in [9.17, 15) is 9.59 Å². The monoisotopic (exact) mass is 438 g/mol. The van der Waals surface area contributed by atoms with Crippen LogP contribution in [0.3, 0.4) is 0 Å². The Hall–Kier alpha value is -3.34. The van der Waals surface area contributed by atoms with Crippen LogP contribution in [-0.4, -0.2) is 30.4 Å². The number of nitrogens with zero attached hydrogens (tertiary/aromatic N) is 1. The van der Waals surface area contributed by atoms with Crippen molar-refractivity contribution in [2.24, 2.45) is 5.73 Å². The molecule has 32 heavy (non-hydrogen) atoms. The maximum atomic E-state index is 12.1. The Morgan fingerprint density at radius 1 is 1.06 bits per heavy atom. The number of allylic oxidation sites excluding steroid dienone is 2. The van der Waals surface area contributed by atoms with Gasteiger partial charge in [0.2, 0.25) is 11.8 Å². The summed E-state index contributed by atoms with van der Waals surface area (Å²) in [4.78, 5) is 23.2. The van der Waals surface area contributed by atoms with E-state index in [0.29, 0.717) is 6.54 Å². The summed E-state index contributed by atoms with van der Waals surface area (Å²) in [6, 6.07) is 16.3. The first kappa shape index (κ1) is 28.7. The van der Waals surface area contributed by atoms with Crippen LogP contribution in [0.4, 0.5) is 0 Å². The molecule has 2 amide bonds. The highest BCUT2D eigenvalue weighted by Gasteiger charge is 2.13. The molecule has 0 bridgehead atoms. The zero-order chi connectivity index (χ0) is 24.5. The largest absolute Gasteiger partial charge is 0.496 e. The van der Waals surface area contributed by atoms with Gasteiger partial charge in [-0.2, -0.15) is 0 Å². The number of hydrogen-bond donors (Lipinski definition) is 1. The van der Waals surface area contributed by atoms with Crippen LogP contribution in [0.25, 0.3) is 5.57 Å². The molecule has 0 spiro atoms. The third kappa shape index (κ3) is 10.6. The third-order valence-electron chi connectivity index (χ3n) is 4.71. The van der Waals surface area contributed by atoms with Crippen LogP contribution in [0.15, 0.2) is 67.8 Å². The van der Waals surface area contributed by atoms with E-state index < -0.39 is 0 Å². The fourth-order valence-corrected chi connectivity index (χ4v) is 3.22. The number of nitrogens with two attached hydrogens (primary N) is 1. The second-order valence-electron chi connectivity index (χ2n) is 7.10. The molecule has 0 aliphatic rings. The van der Waals surface area contributed by atoms with Crippen LogP contribution in [0, 0.1) is 6.92 Å². The fraction of sp³-hybridized carbons (Fsp3) is 0.333. The van der Waals surface area contributed by atoms with Crippen molar-refractivity contribution in [3.63, 3.8) is 0 Å². The molecule has 5 nitrogen and oxygen atoms in total. The first-order chi connectivity index (χ1) is 15.3. The molecule has 0 saturated carbocycles. The maximum absolute atomic E-state index is 12.1. The van der Waals surface area contributed by atoms with E-state index in [1.165, 1.54) is 23.6 Å². The molecule has 0 radical (unpaired) electrons. The zero-order valence-electron chi connectivity index (χ0n) is 20.2. The van der Waals surface area contributed by atoms with Gasteiger partial charge in [-0.1, -0.05) is 48.5 Å². The molecular formula is C27H38N2O3. The third-order valence-corrected chi connectivity index (χ3v) is 4.71. The van der Waals surface area contributed by atoms with Crippen molar-refractivity contribution in [2.75, 3.05) is 13.7 Å². The van der Waals surface area contributed by atoms with Crippen LogP contribution >= 0.6 is 0 Å². The van der Waals surface area contributed by atoms with E-state index in [-0.39, 0.29) is 11.8 Å². The predicted octanol–water partition coefficient (Wildman–Crippen LogP) is 5.53. The number of carbonyl (C=O) groups is 2. The van der Waals surface area contributed by atoms with Crippen molar-refractivity contribution in [1.82, 2.24) is 4.90 Å². The molecule has 0 fully saturated rings. The van der Waals surface area contributed by atoms with E-state index >= 15 is 0 Å². The molecule has 2 aromatic rings.